The van der Waals surface area contributed by atoms with Crippen LogP contribution in [0.5, 0.6) is 0 Å². The Bertz CT molecular complexity index is 758. The Morgan fingerprint density at radius 2 is 2.20 bits per heavy atom. The lowest BCUT2D eigenvalue weighted by Crippen LogP contribution is -2.40. The molecule has 3 rings (SSSR count). The van der Waals surface area contributed by atoms with Crippen LogP contribution in [0.4, 0.5) is 0 Å². The van der Waals surface area contributed by atoms with Crippen LogP contribution in [0, 0.1) is 12.8 Å². The summed E-state index contributed by atoms with van der Waals surface area (Å²) in [6.07, 6.45) is 5.79. The third-order valence-electron chi connectivity index (χ3n) is 4.70. The topological polar surface area (TPSA) is 88.3 Å². The molecule has 1 unspecified atom stereocenters. The highest BCUT2D eigenvalue weighted by Crippen LogP contribution is 2.24. The molecule has 132 valence electrons. The van der Waals surface area contributed by atoms with Gasteiger partial charge in [0.15, 0.2) is 0 Å². The highest BCUT2D eigenvalue weighted by Gasteiger charge is 2.25. The number of nitrogens with zero attached hydrogens (tertiary/aromatic N) is 4. The van der Waals surface area contributed by atoms with Gasteiger partial charge in [-0.1, -0.05) is 0 Å². The average molecular weight is 342 g/mol. The first-order chi connectivity index (χ1) is 12.0. The highest BCUT2D eigenvalue weighted by atomic mass is 16.4. The number of aryl methyl sites for hydroxylation is 1. The van der Waals surface area contributed by atoms with Gasteiger partial charge in [-0.15, -0.1) is 0 Å². The normalized spacial score (nSPS) is 17.5. The van der Waals surface area contributed by atoms with Crippen LogP contribution in [-0.2, 0) is 4.79 Å². The first-order valence-electron chi connectivity index (χ1n) is 8.51. The number of amides is 1. The number of benzene rings is 1. The van der Waals surface area contributed by atoms with E-state index in [2.05, 4.69) is 10.1 Å². The molecule has 2 heterocycles. The summed E-state index contributed by atoms with van der Waals surface area (Å²) >= 11 is 0. The van der Waals surface area contributed by atoms with Gasteiger partial charge in [0.05, 0.1) is 5.69 Å². The van der Waals surface area contributed by atoms with Crippen molar-refractivity contribution in [3.63, 3.8) is 0 Å². The van der Waals surface area contributed by atoms with E-state index in [4.69, 9.17) is 5.11 Å². The summed E-state index contributed by atoms with van der Waals surface area (Å²) in [7, 11) is 0. The quantitative estimate of drug-likeness (QED) is 0.900. The molecular weight excluding hydrogens is 320 g/mol. The van der Waals surface area contributed by atoms with Gasteiger partial charge in [0.2, 0.25) is 0 Å². The fraction of sp³-hybridized carbons (Fsp3) is 0.444. The van der Waals surface area contributed by atoms with Gasteiger partial charge in [0.1, 0.15) is 12.7 Å². The standard InChI is InChI=1S/C18H22N4O3/c1-13-9-15(22-12-19-11-20-22)5-6-16(13)18(25)21-8-2-3-14(10-21)4-7-17(23)24/h5-6,9,11-12,14H,2-4,7-8,10H2,1H3,(H,23,24). The molecule has 1 aliphatic heterocycles. The van der Waals surface area contributed by atoms with E-state index in [-0.39, 0.29) is 18.2 Å². The lowest BCUT2D eigenvalue weighted by atomic mass is 9.92. The van der Waals surface area contributed by atoms with Crippen LogP contribution in [-0.4, -0.2) is 49.7 Å². The summed E-state index contributed by atoms with van der Waals surface area (Å²) in [4.78, 5) is 29.4. The van der Waals surface area contributed by atoms with Crippen molar-refractivity contribution in [2.24, 2.45) is 5.92 Å². The number of aromatic nitrogens is 3. The Morgan fingerprint density at radius 3 is 2.88 bits per heavy atom. The Labute approximate surface area is 146 Å². The van der Waals surface area contributed by atoms with E-state index in [1.807, 2.05) is 30.0 Å². The van der Waals surface area contributed by atoms with Crippen molar-refractivity contribution < 1.29 is 14.7 Å². The van der Waals surface area contributed by atoms with E-state index >= 15 is 0 Å². The predicted octanol–water partition coefficient (Wildman–Crippen LogP) is 2.29. The summed E-state index contributed by atoms with van der Waals surface area (Å²) in [6, 6.07) is 5.62. The monoisotopic (exact) mass is 342 g/mol. The van der Waals surface area contributed by atoms with Crippen molar-refractivity contribution in [3.05, 3.63) is 42.0 Å². The Balaban J connectivity index is 1.71. The van der Waals surface area contributed by atoms with Gasteiger partial charge >= 0.3 is 5.97 Å². The van der Waals surface area contributed by atoms with Crippen molar-refractivity contribution in [1.29, 1.82) is 0 Å². The SMILES string of the molecule is Cc1cc(-n2cncn2)ccc1C(=O)N1CCCC(CCC(=O)O)C1. The first-order valence-corrected chi connectivity index (χ1v) is 8.51. The maximum atomic E-state index is 12.9. The summed E-state index contributed by atoms with van der Waals surface area (Å²) < 4.78 is 1.66. The minimum atomic E-state index is -0.775. The molecule has 1 aromatic carbocycles. The summed E-state index contributed by atoms with van der Waals surface area (Å²) in [5, 5.41) is 12.9. The fourth-order valence-corrected chi connectivity index (χ4v) is 3.35. The number of aliphatic carboxylic acids is 1. The minimum absolute atomic E-state index is 0.0164. The molecule has 0 aliphatic carbocycles. The van der Waals surface area contributed by atoms with E-state index in [0.29, 0.717) is 18.5 Å². The molecule has 25 heavy (non-hydrogen) atoms. The van der Waals surface area contributed by atoms with Crippen LogP contribution in [0.3, 0.4) is 0 Å². The molecule has 1 fully saturated rings. The number of rotatable bonds is 5. The molecule has 0 radical (unpaired) electrons. The Kier molecular flexibility index (Phi) is 5.11. The second-order valence-corrected chi connectivity index (χ2v) is 6.53. The number of carbonyl (C=O) groups excluding carboxylic acids is 1. The van der Waals surface area contributed by atoms with Crippen molar-refractivity contribution in [2.45, 2.75) is 32.6 Å². The fourth-order valence-electron chi connectivity index (χ4n) is 3.35. The molecule has 1 aromatic heterocycles. The van der Waals surface area contributed by atoms with Gasteiger partial charge in [-0.05, 0) is 55.9 Å². The van der Waals surface area contributed by atoms with E-state index in [0.717, 1.165) is 30.6 Å². The van der Waals surface area contributed by atoms with Crippen molar-refractivity contribution in [2.75, 3.05) is 13.1 Å². The van der Waals surface area contributed by atoms with E-state index in [9.17, 15) is 9.59 Å². The number of hydrogen-bond acceptors (Lipinski definition) is 4. The smallest absolute Gasteiger partial charge is 0.303 e. The van der Waals surface area contributed by atoms with Crippen LogP contribution in [0.25, 0.3) is 5.69 Å². The molecule has 0 bridgehead atoms. The zero-order valence-corrected chi connectivity index (χ0v) is 14.3. The number of carboxylic acid groups (broad SMARTS) is 1. The lowest BCUT2D eigenvalue weighted by molar-refractivity contribution is -0.137. The minimum Gasteiger partial charge on any atom is -0.481 e. The van der Waals surface area contributed by atoms with E-state index in [1.54, 1.807) is 11.0 Å². The Morgan fingerprint density at radius 1 is 1.36 bits per heavy atom. The molecule has 1 aliphatic rings. The van der Waals surface area contributed by atoms with Crippen LogP contribution in [0.2, 0.25) is 0 Å². The van der Waals surface area contributed by atoms with E-state index in [1.165, 1.54) is 6.33 Å². The van der Waals surface area contributed by atoms with Crippen LogP contribution >= 0.6 is 0 Å². The van der Waals surface area contributed by atoms with Gasteiger partial charge in [0, 0.05) is 25.1 Å². The molecule has 7 heteroatoms. The Hall–Kier alpha value is -2.70. The molecule has 1 saturated heterocycles. The molecule has 1 atom stereocenters. The second-order valence-electron chi connectivity index (χ2n) is 6.53. The van der Waals surface area contributed by atoms with Gasteiger partial charge in [-0.25, -0.2) is 9.67 Å². The number of carbonyl (C=O) groups is 2. The first kappa shape index (κ1) is 17.1. The van der Waals surface area contributed by atoms with Gasteiger partial charge in [0.25, 0.3) is 5.91 Å². The number of hydrogen-bond donors (Lipinski definition) is 1. The predicted molar refractivity (Wildman–Crippen MR) is 91.6 cm³/mol. The van der Waals surface area contributed by atoms with Crippen molar-refractivity contribution in [1.82, 2.24) is 19.7 Å². The molecule has 0 spiro atoms. The van der Waals surface area contributed by atoms with Crippen molar-refractivity contribution in [3.8, 4) is 5.69 Å². The largest absolute Gasteiger partial charge is 0.481 e. The van der Waals surface area contributed by atoms with Gasteiger partial charge in [-0.2, -0.15) is 5.10 Å². The summed E-state index contributed by atoms with van der Waals surface area (Å²) in [5.74, 6) is -0.491. The maximum Gasteiger partial charge on any atom is 0.303 e. The van der Waals surface area contributed by atoms with Crippen molar-refractivity contribution >= 4 is 11.9 Å². The molecule has 7 nitrogen and oxygen atoms in total. The third-order valence-corrected chi connectivity index (χ3v) is 4.70. The van der Waals surface area contributed by atoms with Crippen LogP contribution in [0.1, 0.15) is 41.6 Å². The number of piperidine rings is 1. The average Bonchev–Trinajstić information content (AvgIpc) is 3.14. The molecule has 1 amide bonds. The second kappa shape index (κ2) is 7.46. The maximum absolute atomic E-state index is 12.9. The highest BCUT2D eigenvalue weighted by molar-refractivity contribution is 5.96. The molecule has 1 N–H and O–H groups in total. The number of likely N-dealkylation sites (tertiary alicyclic amines) is 1. The van der Waals surface area contributed by atoms with Gasteiger partial charge in [-0.3, -0.25) is 9.59 Å². The molecular formula is C18H22N4O3. The zero-order valence-electron chi connectivity index (χ0n) is 14.3. The van der Waals surface area contributed by atoms with Gasteiger partial charge < -0.3 is 10.0 Å². The summed E-state index contributed by atoms with van der Waals surface area (Å²) in [6.45, 7) is 3.28. The molecule has 0 saturated carbocycles. The van der Waals surface area contributed by atoms with Crippen LogP contribution < -0.4 is 0 Å². The third kappa shape index (κ3) is 4.04. The summed E-state index contributed by atoms with van der Waals surface area (Å²) in [5.41, 5.74) is 2.44. The van der Waals surface area contributed by atoms with E-state index < -0.39 is 5.97 Å². The number of carboxylic acids is 1. The zero-order chi connectivity index (χ0) is 17.8. The lowest BCUT2D eigenvalue weighted by Gasteiger charge is -2.33. The van der Waals surface area contributed by atoms with Crippen LogP contribution in [0.15, 0.2) is 30.9 Å². The molecule has 2 aromatic rings.